The summed E-state index contributed by atoms with van der Waals surface area (Å²) in [4.78, 5) is 2.34. The molecule has 1 aliphatic carbocycles. The summed E-state index contributed by atoms with van der Waals surface area (Å²) in [5.41, 5.74) is 2.66. The number of rotatable bonds is 9. The number of hydrogen-bond donors (Lipinski definition) is 1. The Morgan fingerprint density at radius 2 is 2.00 bits per heavy atom. The van der Waals surface area contributed by atoms with Crippen molar-refractivity contribution in [3.05, 3.63) is 35.4 Å². The maximum Gasteiger partial charge on any atom is 0.0593 e. The molecule has 0 aliphatic heterocycles. The van der Waals surface area contributed by atoms with Crippen LogP contribution in [-0.4, -0.2) is 45.3 Å². The van der Waals surface area contributed by atoms with Gasteiger partial charge in [0.1, 0.15) is 0 Å². The zero-order chi connectivity index (χ0) is 14.4. The first kappa shape index (κ1) is 15.5. The Morgan fingerprint density at radius 1 is 1.30 bits per heavy atom. The van der Waals surface area contributed by atoms with Crippen LogP contribution in [0, 0.1) is 12.8 Å². The Labute approximate surface area is 123 Å². The molecule has 1 atom stereocenters. The van der Waals surface area contributed by atoms with Crippen LogP contribution < -0.4 is 5.32 Å². The third-order valence-corrected chi connectivity index (χ3v) is 3.99. The highest BCUT2D eigenvalue weighted by Crippen LogP contribution is 2.28. The van der Waals surface area contributed by atoms with Crippen molar-refractivity contribution in [2.24, 2.45) is 5.92 Å². The van der Waals surface area contributed by atoms with Gasteiger partial charge in [-0.3, -0.25) is 0 Å². The van der Waals surface area contributed by atoms with Gasteiger partial charge in [0.25, 0.3) is 0 Å². The quantitative estimate of drug-likeness (QED) is 0.702. The van der Waals surface area contributed by atoms with Gasteiger partial charge in [-0.1, -0.05) is 29.8 Å². The van der Waals surface area contributed by atoms with Crippen LogP contribution in [0.5, 0.6) is 0 Å². The SMILES string of the molecule is CNC(CN(C)CCOCC1CC1)c1ccc(C)cc1. The summed E-state index contributed by atoms with van der Waals surface area (Å²) in [5.74, 6) is 0.859. The van der Waals surface area contributed by atoms with Crippen LogP contribution in [0.2, 0.25) is 0 Å². The molecule has 112 valence electrons. The Morgan fingerprint density at radius 3 is 2.60 bits per heavy atom. The third-order valence-electron chi connectivity index (χ3n) is 3.99. The Kier molecular flexibility index (Phi) is 6.02. The van der Waals surface area contributed by atoms with Gasteiger partial charge in [0.15, 0.2) is 0 Å². The van der Waals surface area contributed by atoms with Gasteiger partial charge < -0.3 is 15.0 Å². The molecule has 0 saturated heterocycles. The standard InChI is InChI=1S/C17H28N2O/c1-14-4-8-16(9-5-14)17(18-2)12-19(3)10-11-20-13-15-6-7-15/h4-5,8-9,15,17-18H,6-7,10-13H2,1-3H3. The van der Waals surface area contributed by atoms with Crippen molar-refractivity contribution in [3.8, 4) is 0 Å². The van der Waals surface area contributed by atoms with Gasteiger partial charge in [0, 0.05) is 25.7 Å². The summed E-state index contributed by atoms with van der Waals surface area (Å²) in [5, 5.41) is 3.40. The maximum absolute atomic E-state index is 5.70. The normalized spacial score (nSPS) is 16.6. The lowest BCUT2D eigenvalue weighted by atomic mass is 10.0. The van der Waals surface area contributed by atoms with Crippen molar-refractivity contribution in [1.29, 1.82) is 0 Å². The topological polar surface area (TPSA) is 24.5 Å². The summed E-state index contributed by atoms with van der Waals surface area (Å²) in [6, 6.07) is 9.17. The molecular formula is C17H28N2O. The highest BCUT2D eigenvalue weighted by molar-refractivity contribution is 5.24. The zero-order valence-electron chi connectivity index (χ0n) is 13.1. The van der Waals surface area contributed by atoms with E-state index in [2.05, 4.69) is 48.5 Å². The molecule has 1 aromatic carbocycles. The second-order valence-corrected chi connectivity index (χ2v) is 6.03. The summed E-state index contributed by atoms with van der Waals surface area (Å²) >= 11 is 0. The minimum absolute atomic E-state index is 0.379. The van der Waals surface area contributed by atoms with Gasteiger partial charge in [0.2, 0.25) is 0 Å². The predicted octanol–water partition coefficient (Wildman–Crippen LogP) is 2.61. The van der Waals surface area contributed by atoms with E-state index >= 15 is 0 Å². The molecule has 1 N–H and O–H groups in total. The fraction of sp³-hybridized carbons (Fsp3) is 0.647. The summed E-state index contributed by atoms with van der Waals surface area (Å²) < 4.78 is 5.70. The van der Waals surface area contributed by atoms with E-state index in [1.807, 2.05) is 7.05 Å². The highest BCUT2D eigenvalue weighted by atomic mass is 16.5. The summed E-state index contributed by atoms with van der Waals surface area (Å²) in [6.45, 7) is 5.93. The van der Waals surface area contributed by atoms with E-state index in [1.165, 1.54) is 24.0 Å². The van der Waals surface area contributed by atoms with E-state index in [9.17, 15) is 0 Å². The monoisotopic (exact) mass is 276 g/mol. The molecule has 3 nitrogen and oxygen atoms in total. The van der Waals surface area contributed by atoms with Crippen molar-refractivity contribution in [3.63, 3.8) is 0 Å². The average Bonchev–Trinajstić information content (AvgIpc) is 3.26. The molecule has 0 aromatic heterocycles. The molecule has 1 unspecified atom stereocenters. The number of nitrogens with one attached hydrogen (secondary N) is 1. The second-order valence-electron chi connectivity index (χ2n) is 6.03. The van der Waals surface area contributed by atoms with Crippen LogP contribution in [0.4, 0.5) is 0 Å². The average molecular weight is 276 g/mol. The molecule has 1 aromatic rings. The first-order chi connectivity index (χ1) is 9.69. The van der Waals surface area contributed by atoms with Gasteiger partial charge in [-0.15, -0.1) is 0 Å². The van der Waals surface area contributed by atoms with Crippen molar-refractivity contribution in [2.75, 3.05) is 40.4 Å². The Hall–Kier alpha value is -0.900. The Balaban J connectivity index is 1.71. The lowest BCUT2D eigenvalue weighted by Gasteiger charge is -2.24. The van der Waals surface area contributed by atoms with Crippen LogP contribution in [0.1, 0.15) is 30.0 Å². The molecule has 0 bridgehead atoms. The van der Waals surface area contributed by atoms with Crippen molar-refractivity contribution >= 4 is 0 Å². The van der Waals surface area contributed by atoms with Gasteiger partial charge in [-0.25, -0.2) is 0 Å². The molecule has 2 rings (SSSR count). The van der Waals surface area contributed by atoms with E-state index in [-0.39, 0.29) is 0 Å². The predicted molar refractivity (Wildman–Crippen MR) is 84.0 cm³/mol. The third kappa shape index (κ3) is 5.23. The molecule has 3 heteroatoms. The maximum atomic E-state index is 5.70. The van der Waals surface area contributed by atoms with Gasteiger partial charge in [-0.2, -0.15) is 0 Å². The molecule has 0 heterocycles. The molecule has 1 saturated carbocycles. The van der Waals surface area contributed by atoms with Gasteiger partial charge in [-0.05, 0) is 45.3 Å². The van der Waals surface area contributed by atoms with E-state index in [1.54, 1.807) is 0 Å². The molecule has 0 spiro atoms. The largest absolute Gasteiger partial charge is 0.380 e. The number of nitrogens with zero attached hydrogens (tertiary/aromatic N) is 1. The number of likely N-dealkylation sites (N-methyl/N-ethyl adjacent to an activating group) is 2. The van der Waals surface area contributed by atoms with Crippen molar-refractivity contribution < 1.29 is 4.74 Å². The van der Waals surface area contributed by atoms with Crippen LogP contribution in [0.15, 0.2) is 24.3 Å². The molecule has 1 fully saturated rings. The first-order valence-electron chi connectivity index (χ1n) is 7.69. The number of benzene rings is 1. The fourth-order valence-corrected chi connectivity index (χ4v) is 2.32. The van der Waals surface area contributed by atoms with Crippen LogP contribution >= 0.6 is 0 Å². The number of ether oxygens (including phenoxy) is 1. The van der Waals surface area contributed by atoms with E-state index in [4.69, 9.17) is 4.74 Å². The van der Waals surface area contributed by atoms with Gasteiger partial charge in [0.05, 0.1) is 6.61 Å². The second kappa shape index (κ2) is 7.77. The van der Waals surface area contributed by atoms with Crippen molar-refractivity contribution in [2.45, 2.75) is 25.8 Å². The molecule has 1 aliphatic rings. The van der Waals surface area contributed by atoms with E-state index in [0.717, 1.165) is 32.2 Å². The molecule has 20 heavy (non-hydrogen) atoms. The minimum Gasteiger partial charge on any atom is -0.380 e. The zero-order valence-corrected chi connectivity index (χ0v) is 13.1. The first-order valence-corrected chi connectivity index (χ1v) is 7.69. The lowest BCUT2D eigenvalue weighted by Crippen LogP contribution is -2.33. The molecule has 0 radical (unpaired) electrons. The number of hydrogen-bond acceptors (Lipinski definition) is 3. The lowest BCUT2D eigenvalue weighted by molar-refractivity contribution is 0.101. The van der Waals surface area contributed by atoms with E-state index in [0.29, 0.717) is 6.04 Å². The van der Waals surface area contributed by atoms with Crippen LogP contribution in [0.25, 0.3) is 0 Å². The number of aryl methyl sites for hydroxylation is 1. The molecule has 0 amide bonds. The molecular weight excluding hydrogens is 248 g/mol. The minimum atomic E-state index is 0.379. The van der Waals surface area contributed by atoms with E-state index < -0.39 is 0 Å². The Bertz CT molecular complexity index is 386. The van der Waals surface area contributed by atoms with Gasteiger partial charge >= 0.3 is 0 Å². The summed E-state index contributed by atoms with van der Waals surface area (Å²) in [6.07, 6.45) is 2.73. The van der Waals surface area contributed by atoms with Crippen LogP contribution in [-0.2, 0) is 4.74 Å². The smallest absolute Gasteiger partial charge is 0.0593 e. The summed E-state index contributed by atoms with van der Waals surface area (Å²) in [7, 11) is 4.20. The fourth-order valence-electron chi connectivity index (χ4n) is 2.32. The van der Waals surface area contributed by atoms with Crippen LogP contribution in [0.3, 0.4) is 0 Å². The highest BCUT2D eigenvalue weighted by Gasteiger charge is 2.21. The van der Waals surface area contributed by atoms with Crippen molar-refractivity contribution in [1.82, 2.24) is 10.2 Å².